The summed E-state index contributed by atoms with van der Waals surface area (Å²) in [6, 6.07) is 10.7. The highest BCUT2D eigenvalue weighted by molar-refractivity contribution is 5.92. The second-order valence-corrected chi connectivity index (χ2v) is 5.86. The van der Waals surface area contributed by atoms with E-state index in [1.54, 1.807) is 31.4 Å². The van der Waals surface area contributed by atoms with Crippen molar-refractivity contribution in [3.05, 3.63) is 53.6 Å². The van der Waals surface area contributed by atoms with Gasteiger partial charge in [-0.1, -0.05) is 12.1 Å². The first-order valence-electron chi connectivity index (χ1n) is 8.58. The molecular weight excluding hydrogens is 388 g/mol. The Morgan fingerprint density at radius 1 is 1.00 bits per heavy atom. The Balaban J connectivity index is 1.93. The highest BCUT2D eigenvalue weighted by atomic mass is 19.3. The Kier molecular flexibility index (Phi) is 7.76. The second-order valence-electron chi connectivity index (χ2n) is 5.86. The van der Waals surface area contributed by atoms with E-state index in [0.29, 0.717) is 5.75 Å². The van der Waals surface area contributed by atoms with Crippen LogP contribution in [0, 0.1) is 0 Å². The molecule has 2 aromatic carbocycles. The number of methoxy groups -OCH3 is 2. The SMILES string of the molecule is COc1ccc(CNC(=O)[C@@H](C)OC(=O)c2ccc(OC(F)F)c(OC)c2)cc1. The summed E-state index contributed by atoms with van der Waals surface area (Å²) in [6.07, 6.45) is -1.07. The molecule has 0 bridgehead atoms. The third-order valence-electron chi connectivity index (χ3n) is 3.89. The zero-order valence-corrected chi connectivity index (χ0v) is 16.1. The molecule has 7 nitrogen and oxygen atoms in total. The van der Waals surface area contributed by atoms with Crippen molar-refractivity contribution < 1.29 is 37.3 Å². The average Bonchev–Trinajstić information content (AvgIpc) is 2.72. The van der Waals surface area contributed by atoms with Crippen LogP contribution in [0.1, 0.15) is 22.8 Å². The van der Waals surface area contributed by atoms with Crippen LogP contribution in [0.5, 0.6) is 17.2 Å². The van der Waals surface area contributed by atoms with E-state index in [0.717, 1.165) is 11.6 Å². The van der Waals surface area contributed by atoms with Crippen molar-refractivity contribution in [2.45, 2.75) is 26.2 Å². The molecule has 1 atom stereocenters. The summed E-state index contributed by atoms with van der Waals surface area (Å²) in [4.78, 5) is 24.4. The van der Waals surface area contributed by atoms with Crippen molar-refractivity contribution >= 4 is 11.9 Å². The van der Waals surface area contributed by atoms with Crippen molar-refractivity contribution in [1.29, 1.82) is 0 Å². The van der Waals surface area contributed by atoms with E-state index in [4.69, 9.17) is 14.2 Å². The van der Waals surface area contributed by atoms with Crippen molar-refractivity contribution in [3.63, 3.8) is 0 Å². The molecule has 0 heterocycles. The molecule has 0 saturated carbocycles. The lowest BCUT2D eigenvalue weighted by atomic mass is 10.2. The van der Waals surface area contributed by atoms with Crippen molar-refractivity contribution in [2.75, 3.05) is 14.2 Å². The highest BCUT2D eigenvalue weighted by Gasteiger charge is 2.20. The van der Waals surface area contributed by atoms with Crippen LogP contribution in [-0.4, -0.2) is 38.8 Å². The molecule has 0 aromatic heterocycles. The molecule has 1 amide bonds. The minimum absolute atomic E-state index is 0.0262. The molecule has 2 rings (SSSR count). The van der Waals surface area contributed by atoms with Gasteiger partial charge in [0.25, 0.3) is 5.91 Å². The van der Waals surface area contributed by atoms with Crippen LogP contribution in [0.3, 0.4) is 0 Å². The Morgan fingerprint density at radius 3 is 2.28 bits per heavy atom. The molecule has 0 aliphatic rings. The number of hydrogen-bond acceptors (Lipinski definition) is 6. The maximum Gasteiger partial charge on any atom is 0.387 e. The van der Waals surface area contributed by atoms with Gasteiger partial charge in [0.1, 0.15) is 5.75 Å². The van der Waals surface area contributed by atoms with E-state index in [-0.39, 0.29) is 23.6 Å². The molecule has 29 heavy (non-hydrogen) atoms. The number of ether oxygens (including phenoxy) is 4. The lowest BCUT2D eigenvalue weighted by Gasteiger charge is -2.15. The Morgan fingerprint density at radius 2 is 1.69 bits per heavy atom. The first-order chi connectivity index (χ1) is 13.8. The van der Waals surface area contributed by atoms with Crippen molar-refractivity contribution in [2.24, 2.45) is 0 Å². The molecule has 9 heteroatoms. The van der Waals surface area contributed by atoms with E-state index in [9.17, 15) is 18.4 Å². The van der Waals surface area contributed by atoms with Gasteiger partial charge in [-0.05, 0) is 42.8 Å². The van der Waals surface area contributed by atoms with Gasteiger partial charge >= 0.3 is 12.6 Å². The van der Waals surface area contributed by atoms with Crippen molar-refractivity contribution in [1.82, 2.24) is 5.32 Å². The number of carbonyl (C=O) groups excluding carboxylic acids is 2. The van der Waals surface area contributed by atoms with Gasteiger partial charge in [-0.3, -0.25) is 4.79 Å². The van der Waals surface area contributed by atoms with E-state index in [1.165, 1.54) is 26.2 Å². The number of nitrogens with one attached hydrogen (secondary N) is 1. The highest BCUT2D eigenvalue weighted by Crippen LogP contribution is 2.29. The standard InChI is InChI=1S/C20H21F2NO6/c1-12(18(24)23-11-13-4-7-15(26-2)8-5-13)28-19(25)14-6-9-16(29-20(21)22)17(10-14)27-3/h4-10,12,20H,11H2,1-3H3,(H,23,24)/t12-/m1/s1. The molecule has 0 radical (unpaired) electrons. The number of esters is 1. The fourth-order valence-corrected chi connectivity index (χ4v) is 2.35. The number of halogens is 2. The van der Waals surface area contributed by atoms with Crippen LogP contribution in [0.15, 0.2) is 42.5 Å². The average molecular weight is 409 g/mol. The quantitative estimate of drug-likeness (QED) is 0.641. The maximum absolute atomic E-state index is 12.4. The number of benzene rings is 2. The predicted octanol–water partition coefficient (Wildman–Crippen LogP) is 3.17. The van der Waals surface area contributed by atoms with Gasteiger partial charge in [-0.2, -0.15) is 8.78 Å². The van der Waals surface area contributed by atoms with Gasteiger partial charge in [0.15, 0.2) is 17.6 Å². The number of hydrogen-bond donors (Lipinski definition) is 1. The van der Waals surface area contributed by atoms with E-state index in [1.807, 2.05) is 0 Å². The minimum Gasteiger partial charge on any atom is -0.497 e. The van der Waals surface area contributed by atoms with Gasteiger partial charge in [0.05, 0.1) is 19.8 Å². The fraction of sp³-hybridized carbons (Fsp3) is 0.300. The monoisotopic (exact) mass is 409 g/mol. The summed E-state index contributed by atoms with van der Waals surface area (Å²) in [5, 5.41) is 2.66. The van der Waals surface area contributed by atoms with Crippen LogP contribution in [0.2, 0.25) is 0 Å². The molecule has 0 aliphatic heterocycles. The number of alkyl halides is 2. The molecule has 0 spiro atoms. The molecule has 0 aliphatic carbocycles. The number of amides is 1. The second kappa shape index (κ2) is 10.3. The zero-order valence-electron chi connectivity index (χ0n) is 16.1. The van der Waals surface area contributed by atoms with Gasteiger partial charge in [-0.15, -0.1) is 0 Å². The lowest BCUT2D eigenvalue weighted by molar-refractivity contribution is -0.129. The molecule has 156 valence electrons. The lowest BCUT2D eigenvalue weighted by Crippen LogP contribution is -2.35. The predicted molar refractivity (Wildman–Crippen MR) is 99.3 cm³/mol. The summed E-state index contributed by atoms with van der Waals surface area (Å²) < 4.78 is 44.2. The summed E-state index contributed by atoms with van der Waals surface area (Å²) >= 11 is 0. The van der Waals surface area contributed by atoms with Gasteiger partial charge in [0.2, 0.25) is 0 Å². The van der Waals surface area contributed by atoms with Gasteiger partial charge < -0.3 is 24.3 Å². The first kappa shape index (κ1) is 21.9. The van der Waals surface area contributed by atoms with E-state index in [2.05, 4.69) is 10.1 Å². The summed E-state index contributed by atoms with van der Waals surface area (Å²) in [5.74, 6) is -0.874. The van der Waals surface area contributed by atoms with Gasteiger partial charge in [-0.25, -0.2) is 4.79 Å². The van der Waals surface area contributed by atoms with E-state index < -0.39 is 24.6 Å². The smallest absolute Gasteiger partial charge is 0.387 e. The Bertz CT molecular complexity index is 841. The van der Waals surface area contributed by atoms with Crippen molar-refractivity contribution in [3.8, 4) is 17.2 Å². The Labute approximate surface area is 166 Å². The Hall–Kier alpha value is -3.36. The van der Waals surface area contributed by atoms with Crippen LogP contribution in [-0.2, 0) is 16.1 Å². The number of carbonyl (C=O) groups is 2. The molecule has 2 aromatic rings. The third kappa shape index (κ3) is 6.34. The van der Waals surface area contributed by atoms with Crippen LogP contribution in [0.25, 0.3) is 0 Å². The largest absolute Gasteiger partial charge is 0.497 e. The minimum atomic E-state index is -3.03. The van der Waals surface area contributed by atoms with Gasteiger partial charge in [0, 0.05) is 6.54 Å². The molecule has 0 unspecified atom stereocenters. The van der Waals surface area contributed by atoms with Crippen LogP contribution < -0.4 is 19.5 Å². The van der Waals surface area contributed by atoms with E-state index >= 15 is 0 Å². The third-order valence-corrected chi connectivity index (χ3v) is 3.89. The maximum atomic E-state index is 12.4. The summed E-state index contributed by atoms with van der Waals surface area (Å²) in [6.45, 7) is -1.36. The molecule has 1 N–H and O–H groups in total. The molecular formula is C20H21F2NO6. The first-order valence-corrected chi connectivity index (χ1v) is 8.58. The summed E-state index contributed by atoms with van der Waals surface area (Å²) in [7, 11) is 2.81. The molecule has 0 saturated heterocycles. The normalized spacial score (nSPS) is 11.5. The van der Waals surface area contributed by atoms with Crippen LogP contribution >= 0.6 is 0 Å². The molecule has 0 fully saturated rings. The zero-order chi connectivity index (χ0) is 21.4. The topological polar surface area (TPSA) is 83.1 Å². The fourth-order valence-electron chi connectivity index (χ4n) is 2.35. The summed E-state index contributed by atoms with van der Waals surface area (Å²) in [5.41, 5.74) is 0.871. The number of rotatable bonds is 9. The van der Waals surface area contributed by atoms with Crippen LogP contribution in [0.4, 0.5) is 8.78 Å².